The Morgan fingerprint density at radius 3 is 1.47 bits per heavy atom. The summed E-state index contributed by atoms with van der Waals surface area (Å²) in [6.45, 7) is 1.78. The quantitative estimate of drug-likeness (QED) is 0.570. The highest BCUT2D eigenvalue weighted by molar-refractivity contribution is 5.77. The van der Waals surface area contributed by atoms with Gasteiger partial charge in [0.15, 0.2) is 0 Å². The molecule has 0 aromatic rings. The van der Waals surface area contributed by atoms with E-state index in [1.54, 1.807) is 0 Å². The van der Waals surface area contributed by atoms with Gasteiger partial charge in [-0.05, 0) is 19.3 Å². The van der Waals surface area contributed by atoms with Crippen molar-refractivity contribution in [3.63, 3.8) is 0 Å². The van der Waals surface area contributed by atoms with Crippen LogP contribution in [0.25, 0.3) is 0 Å². The molecule has 4 heteroatoms. The molecule has 2 aliphatic heterocycles. The molecule has 0 radical (unpaired) electrons. The molecule has 0 atom stereocenters. The maximum atomic E-state index is 10.4. The number of carbonyl (C=O) groups is 2. The van der Waals surface area contributed by atoms with Crippen LogP contribution in [0.2, 0.25) is 0 Å². The second kappa shape index (κ2) is 9.07. The van der Waals surface area contributed by atoms with Gasteiger partial charge in [-0.1, -0.05) is 0 Å². The molecular weight excluding hydrogens is 192 g/mol. The van der Waals surface area contributed by atoms with Crippen molar-refractivity contribution in [2.24, 2.45) is 0 Å². The summed E-state index contributed by atoms with van der Waals surface area (Å²) >= 11 is 0. The third-order valence-corrected chi connectivity index (χ3v) is 2.06. The van der Waals surface area contributed by atoms with Gasteiger partial charge in [0.25, 0.3) is 0 Å². The molecule has 84 valence electrons. The molecule has 0 aliphatic carbocycles. The van der Waals surface area contributed by atoms with E-state index in [0.29, 0.717) is 0 Å². The van der Waals surface area contributed by atoms with Gasteiger partial charge >= 0.3 is 0 Å². The molecule has 2 saturated heterocycles. The first kappa shape index (κ1) is 13.5. The van der Waals surface area contributed by atoms with Crippen LogP contribution in [0.4, 0.5) is 0 Å². The molecule has 2 amide bonds. The summed E-state index contributed by atoms with van der Waals surface area (Å²) in [4.78, 5) is 20.5. The van der Waals surface area contributed by atoms with Crippen molar-refractivity contribution < 1.29 is 9.59 Å². The highest BCUT2D eigenvalue weighted by Crippen LogP contribution is 1.98. The molecule has 2 fully saturated rings. The van der Waals surface area contributed by atoms with Crippen LogP contribution in [0.15, 0.2) is 0 Å². The highest BCUT2D eigenvalue weighted by atomic mass is 16.2. The predicted octanol–water partition coefficient (Wildman–Crippen LogP) is 0.432. The summed E-state index contributed by atoms with van der Waals surface area (Å²) < 4.78 is 0. The first-order valence-electron chi connectivity index (χ1n) is 5.16. The lowest BCUT2D eigenvalue weighted by Crippen LogP contribution is -2.28. The summed E-state index contributed by atoms with van der Waals surface area (Å²) in [6.07, 6.45) is 12.7. The zero-order valence-electron chi connectivity index (χ0n) is 8.92. The summed E-state index contributed by atoms with van der Waals surface area (Å²) in [5.41, 5.74) is 0. The van der Waals surface area contributed by atoms with Crippen LogP contribution < -0.4 is 10.6 Å². The fraction of sp³-hybridized carbons (Fsp3) is 0.636. The van der Waals surface area contributed by atoms with Crippen LogP contribution in [0.5, 0.6) is 0 Å². The van der Waals surface area contributed by atoms with Crippen molar-refractivity contribution in [2.45, 2.75) is 32.1 Å². The molecule has 2 rings (SSSR count). The van der Waals surface area contributed by atoms with E-state index in [4.69, 9.17) is 0 Å². The molecule has 0 saturated carbocycles. The molecule has 15 heavy (non-hydrogen) atoms. The van der Waals surface area contributed by atoms with Crippen LogP contribution in [-0.4, -0.2) is 24.9 Å². The predicted molar refractivity (Wildman–Crippen MR) is 59.0 cm³/mol. The van der Waals surface area contributed by atoms with Crippen LogP contribution in [0.1, 0.15) is 32.1 Å². The second-order valence-electron chi connectivity index (χ2n) is 3.26. The minimum absolute atomic E-state index is 0.204. The van der Waals surface area contributed by atoms with E-state index in [1.807, 2.05) is 0 Å². The molecule has 4 nitrogen and oxygen atoms in total. The van der Waals surface area contributed by atoms with Gasteiger partial charge in [0.05, 0.1) is 0 Å². The lowest BCUT2D eigenvalue weighted by Gasteiger charge is -2.08. The first-order valence-corrected chi connectivity index (χ1v) is 5.16. The van der Waals surface area contributed by atoms with Crippen LogP contribution in [-0.2, 0) is 9.59 Å². The van der Waals surface area contributed by atoms with Crippen molar-refractivity contribution in [1.29, 1.82) is 0 Å². The van der Waals surface area contributed by atoms with E-state index >= 15 is 0 Å². The maximum absolute atomic E-state index is 10.4. The summed E-state index contributed by atoms with van der Waals surface area (Å²) in [6, 6.07) is 0. The van der Waals surface area contributed by atoms with Gasteiger partial charge < -0.3 is 10.6 Å². The largest absolute Gasteiger partial charge is 0.356 e. The van der Waals surface area contributed by atoms with Gasteiger partial charge in [-0.3, -0.25) is 9.59 Å². The Bertz CT molecular complexity index is 208. The van der Waals surface area contributed by atoms with E-state index in [9.17, 15) is 9.59 Å². The highest BCUT2D eigenvalue weighted by Gasteiger charge is 2.05. The van der Waals surface area contributed by atoms with Crippen molar-refractivity contribution in [3.05, 3.63) is 0 Å². The van der Waals surface area contributed by atoms with Crippen molar-refractivity contribution in [1.82, 2.24) is 10.6 Å². The molecule has 0 aromatic carbocycles. The number of hydrogen-bond acceptors (Lipinski definition) is 2. The van der Waals surface area contributed by atoms with Gasteiger partial charge in [-0.15, -0.1) is 12.8 Å². The third-order valence-electron chi connectivity index (χ3n) is 2.06. The minimum atomic E-state index is 0.204. The maximum Gasteiger partial charge on any atom is 0.220 e. The minimum Gasteiger partial charge on any atom is -0.356 e. The van der Waals surface area contributed by atoms with E-state index < -0.39 is 0 Å². The Morgan fingerprint density at radius 1 is 0.800 bits per heavy atom. The third kappa shape index (κ3) is 7.56. The number of amides is 2. The molecule has 0 unspecified atom stereocenters. The van der Waals surface area contributed by atoms with E-state index in [1.165, 1.54) is 0 Å². The molecule has 2 heterocycles. The summed E-state index contributed by atoms with van der Waals surface area (Å²) in [5.74, 6) is 0.418. The van der Waals surface area contributed by atoms with Crippen LogP contribution >= 0.6 is 0 Å². The number of carbonyl (C=O) groups excluding carboxylic acids is 2. The fourth-order valence-electron chi connectivity index (χ4n) is 1.29. The van der Waals surface area contributed by atoms with Crippen LogP contribution in [0, 0.1) is 12.8 Å². The van der Waals surface area contributed by atoms with Crippen molar-refractivity contribution in [2.75, 3.05) is 13.1 Å². The van der Waals surface area contributed by atoms with Gasteiger partial charge in [-0.2, -0.15) is 0 Å². The zero-order chi connectivity index (χ0) is 11.5. The molecular formula is C11H18N2O2. The van der Waals surface area contributed by atoms with Gasteiger partial charge in [-0.25, -0.2) is 0 Å². The zero-order valence-corrected chi connectivity index (χ0v) is 8.92. The fourth-order valence-corrected chi connectivity index (χ4v) is 1.29. The topological polar surface area (TPSA) is 58.2 Å². The monoisotopic (exact) mass is 210 g/mol. The number of nitrogens with one attached hydrogen (secondary N) is 2. The number of rotatable bonds is 0. The number of hydrogen-bond donors (Lipinski definition) is 2. The molecule has 2 N–H and O–H groups in total. The molecule has 0 spiro atoms. The van der Waals surface area contributed by atoms with Gasteiger partial charge in [0.1, 0.15) is 0 Å². The Balaban J connectivity index is 0.000000227. The average molecular weight is 210 g/mol. The van der Waals surface area contributed by atoms with Crippen molar-refractivity contribution in [3.8, 4) is 12.8 Å². The summed E-state index contributed by atoms with van der Waals surface area (Å²) in [7, 11) is 0. The Kier molecular flexibility index (Phi) is 8.16. The average Bonchev–Trinajstić information content (AvgIpc) is 2.74. The molecule has 2 aliphatic rings. The lowest BCUT2D eigenvalue weighted by atomic mass is 10.2. The van der Waals surface area contributed by atoms with E-state index in [2.05, 4.69) is 23.5 Å². The number of piperidine rings is 1. The lowest BCUT2D eigenvalue weighted by molar-refractivity contribution is -0.122. The van der Waals surface area contributed by atoms with Gasteiger partial charge in [0, 0.05) is 25.9 Å². The van der Waals surface area contributed by atoms with E-state index in [-0.39, 0.29) is 11.8 Å². The first-order chi connectivity index (χ1) is 7.29. The van der Waals surface area contributed by atoms with E-state index in [0.717, 1.165) is 45.2 Å². The molecule has 0 aromatic heterocycles. The smallest absolute Gasteiger partial charge is 0.220 e. The van der Waals surface area contributed by atoms with Crippen LogP contribution in [0.3, 0.4) is 0 Å². The number of terminal acetylenes is 1. The van der Waals surface area contributed by atoms with Crippen molar-refractivity contribution >= 4 is 11.8 Å². The Morgan fingerprint density at radius 2 is 1.27 bits per heavy atom. The van der Waals surface area contributed by atoms with Gasteiger partial charge in [0.2, 0.25) is 11.8 Å². The SMILES string of the molecule is C#C.O=C1CCCCN1.O=C1CCCN1. The summed E-state index contributed by atoms with van der Waals surface area (Å²) in [5, 5.41) is 5.42. The Hall–Kier alpha value is -1.50. The molecule has 0 bridgehead atoms. The standard InChI is InChI=1S/C5H9NO.C4H7NO.C2H2/c7-5-3-1-2-4-6-5;6-4-2-1-3-5-4;1-2/h1-4H2,(H,6,7);1-3H2,(H,5,6);1-2H. The normalized spacial score (nSPS) is 18.5. The Labute approximate surface area is 90.8 Å². The second-order valence-corrected chi connectivity index (χ2v) is 3.26.